The summed E-state index contributed by atoms with van der Waals surface area (Å²) in [4.78, 5) is 18.9. The molecule has 0 fully saturated rings. The Morgan fingerprint density at radius 3 is 2.53 bits per heavy atom. The van der Waals surface area contributed by atoms with E-state index in [4.69, 9.17) is 0 Å². The van der Waals surface area contributed by atoms with Crippen molar-refractivity contribution in [3.8, 4) is 11.4 Å². The molecule has 0 amide bonds. The number of hydrogen-bond acceptors (Lipinski definition) is 2. The van der Waals surface area contributed by atoms with Crippen LogP contribution in [0.5, 0.6) is 0 Å². The molecular formula is C13H13BrN2O. The summed E-state index contributed by atoms with van der Waals surface area (Å²) in [6.45, 7) is 5.62. The third-order valence-electron chi connectivity index (χ3n) is 2.84. The van der Waals surface area contributed by atoms with Gasteiger partial charge in [0.25, 0.3) is 5.56 Å². The number of halogens is 1. The molecule has 17 heavy (non-hydrogen) atoms. The zero-order valence-corrected chi connectivity index (χ0v) is 11.6. The molecule has 0 atom stereocenters. The van der Waals surface area contributed by atoms with Crippen LogP contribution in [0.1, 0.15) is 16.8 Å². The highest BCUT2D eigenvalue weighted by Gasteiger charge is 2.08. The topological polar surface area (TPSA) is 45.8 Å². The van der Waals surface area contributed by atoms with Crippen LogP contribution in [0.3, 0.4) is 0 Å². The van der Waals surface area contributed by atoms with E-state index in [-0.39, 0.29) is 5.56 Å². The molecule has 4 heteroatoms. The van der Waals surface area contributed by atoms with Crippen molar-refractivity contribution in [2.45, 2.75) is 20.8 Å². The lowest BCUT2D eigenvalue weighted by molar-refractivity contribution is 1.03. The fourth-order valence-corrected chi connectivity index (χ4v) is 2.14. The van der Waals surface area contributed by atoms with Crippen LogP contribution in [0.25, 0.3) is 11.4 Å². The van der Waals surface area contributed by atoms with Crippen LogP contribution in [0.2, 0.25) is 0 Å². The highest BCUT2D eigenvalue weighted by molar-refractivity contribution is 9.10. The van der Waals surface area contributed by atoms with E-state index in [1.807, 2.05) is 32.0 Å². The third kappa shape index (κ3) is 2.31. The van der Waals surface area contributed by atoms with E-state index in [9.17, 15) is 4.79 Å². The number of hydrogen-bond donors (Lipinski definition) is 1. The standard InChI is InChI=1S/C13H13BrN2O/c1-7-6-10(14)4-5-11(7)12-15-9(3)8(2)13(17)16-12/h4-6H,1-3H3,(H,15,16,17). The van der Waals surface area contributed by atoms with Gasteiger partial charge in [0, 0.05) is 21.3 Å². The summed E-state index contributed by atoms with van der Waals surface area (Å²) < 4.78 is 1.02. The van der Waals surface area contributed by atoms with E-state index in [0.717, 1.165) is 21.3 Å². The second-order valence-corrected chi connectivity index (χ2v) is 5.00. The second-order valence-electron chi connectivity index (χ2n) is 4.08. The van der Waals surface area contributed by atoms with Crippen molar-refractivity contribution in [1.29, 1.82) is 0 Å². The van der Waals surface area contributed by atoms with Crippen molar-refractivity contribution in [2.24, 2.45) is 0 Å². The minimum absolute atomic E-state index is 0.0742. The summed E-state index contributed by atoms with van der Waals surface area (Å²) in [5.41, 5.74) is 3.39. The average Bonchev–Trinajstić information content (AvgIpc) is 2.25. The first-order valence-corrected chi connectivity index (χ1v) is 6.12. The SMILES string of the molecule is Cc1cc(Br)ccc1-c1nc(C)c(C)c(=O)[nH]1. The Hall–Kier alpha value is -1.42. The minimum Gasteiger partial charge on any atom is -0.306 e. The number of nitrogens with one attached hydrogen (secondary N) is 1. The van der Waals surface area contributed by atoms with Gasteiger partial charge in [-0.25, -0.2) is 4.98 Å². The van der Waals surface area contributed by atoms with Gasteiger partial charge in [-0.3, -0.25) is 4.79 Å². The van der Waals surface area contributed by atoms with Crippen molar-refractivity contribution in [2.75, 3.05) is 0 Å². The molecule has 0 bridgehead atoms. The van der Waals surface area contributed by atoms with Crippen molar-refractivity contribution >= 4 is 15.9 Å². The van der Waals surface area contributed by atoms with Crippen molar-refractivity contribution < 1.29 is 0 Å². The van der Waals surface area contributed by atoms with Crippen molar-refractivity contribution in [3.63, 3.8) is 0 Å². The second kappa shape index (κ2) is 4.45. The van der Waals surface area contributed by atoms with E-state index in [1.54, 1.807) is 6.92 Å². The van der Waals surface area contributed by atoms with E-state index in [2.05, 4.69) is 25.9 Å². The molecule has 0 saturated heterocycles. The largest absolute Gasteiger partial charge is 0.306 e. The molecule has 3 nitrogen and oxygen atoms in total. The summed E-state index contributed by atoms with van der Waals surface area (Å²) in [6.07, 6.45) is 0. The first-order valence-electron chi connectivity index (χ1n) is 5.33. The molecule has 0 aliphatic heterocycles. The van der Waals surface area contributed by atoms with Crippen LogP contribution >= 0.6 is 15.9 Å². The van der Waals surface area contributed by atoms with Crippen LogP contribution in [0.15, 0.2) is 27.5 Å². The zero-order chi connectivity index (χ0) is 12.6. The molecule has 0 aliphatic carbocycles. The molecule has 2 aromatic rings. The molecule has 1 N–H and O–H groups in total. The summed E-state index contributed by atoms with van der Waals surface area (Å²) in [5.74, 6) is 0.628. The Morgan fingerprint density at radius 1 is 1.24 bits per heavy atom. The number of rotatable bonds is 1. The monoisotopic (exact) mass is 292 g/mol. The van der Waals surface area contributed by atoms with Crippen molar-refractivity contribution in [3.05, 3.63) is 49.8 Å². The molecule has 0 unspecified atom stereocenters. The van der Waals surface area contributed by atoms with Gasteiger partial charge < -0.3 is 4.98 Å². The Balaban J connectivity index is 2.65. The molecule has 0 radical (unpaired) electrons. The molecule has 88 valence electrons. The number of aromatic amines is 1. The van der Waals surface area contributed by atoms with Gasteiger partial charge in [0.05, 0.1) is 0 Å². The maximum atomic E-state index is 11.7. The van der Waals surface area contributed by atoms with Crippen LogP contribution < -0.4 is 5.56 Å². The molecule has 1 aromatic heterocycles. The maximum Gasteiger partial charge on any atom is 0.254 e. The lowest BCUT2D eigenvalue weighted by atomic mass is 10.1. The summed E-state index contributed by atoms with van der Waals surface area (Å²) in [6, 6.07) is 5.90. The number of H-pyrrole nitrogens is 1. The highest BCUT2D eigenvalue weighted by Crippen LogP contribution is 2.23. The fourth-order valence-electron chi connectivity index (χ4n) is 1.67. The molecule has 1 heterocycles. The maximum absolute atomic E-state index is 11.7. The minimum atomic E-state index is -0.0742. The smallest absolute Gasteiger partial charge is 0.254 e. The Labute approximate surface area is 108 Å². The lowest BCUT2D eigenvalue weighted by Gasteiger charge is -2.07. The predicted octanol–water partition coefficient (Wildman–Crippen LogP) is 3.12. The third-order valence-corrected chi connectivity index (χ3v) is 3.33. The van der Waals surface area contributed by atoms with Gasteiger partial charge >= 0.3 is 0 Å². The molecule has 1 aromatic carbocycles. The highest BCUT2D eigenvalue weighted by atomic mass is 79.9. The van der Waals surface area contributed by atoms with Gasteiger partial charge in [-0.05, 0) is 44.5 Å². The molecular weight excluding hydrogens is 280 g/mol. The number of nitrogens with zero attached hydrogens (tertiary/aromatic N) is 1. The van der Waals surface area contributed by atoms with Crippen LogP contribution in [0.4, 0.5) is 0 Å². The lowest BCUT2D eigenvalue weighted by Crippen LogP contribution is -2.14. The van der Waals surface area contributed by atoms with Crippen molar-refractivity contribution in [1.82, 2.24) is 9.97 Å². The Bertz CT molecular complexity index is 632. The Morgan fingerprint density at radius 2 is 1.94 bits per heavy atom. The number of benzene rings is 1. The van der Waals surface area contributed by atoms with Crippen LogP contribution in [-0.4, -0.2) is 9.97 Å². The quantitative estimate of drug-likeness (QED) is 0.878. The summed E-state index contributed by atoms with van der Waals surface area (Å²) in [7, 11) is 0. The zero-order valence-electron chi connectivity index (χ0n) is 9.97. The average molecular weight is 293 g/mol. The van der Waals surface area contributed by atoms with E-state index < -0.39 is 0 Å². The molecule has 0 saturated carbocycles. The van der Waals surface area contributed by atoms with Gasteiger partial charge in [0.15, 0.2) is 0 Å². The van der Waals surface area contributed by atoms with Crippen LogP contribution in [-0.2, 0) is 0 Å². The summed E-state index contributed by atoms with van der Waals surface area (Å²) >= 11 is 3.42. The van der Waals surface area contributed by atoms with Gasteiger partial charge in [0.2, 0.25) is 0 Å². The number of aryl methyl sites for hydroxylation is 2. The van der Waals surface area contributed by atoms with E-state index in [1.165, 1.54) is 0 Å². The van der Waals surface area contributed by atoms with E-state index >= 15 is 0 Å². The number of aromatic nitrogens is 2. The summed E-state index contributed by atoms with van der Waals surface area (Å²) in [5, 5.41) is 0. The fraction of sp³-hybridized carbons (Fsp3) is 0.231. The first kappa shape index (κ1) is 12.0. The van der Waals surface area contributed by atoms with Crippen LogP contribution in [0, 0.1) is 20.8 Å². The van der Waals surface area contributed by atoms with Gasteiger partial charge in [-0.1, -0.05) is 15.9 Å². The Kier molecular flexibility index (Phi) is 3.15. The first-order chi connectivity index (χ1) is 7.99. The van der Waals surface area contributed by atoms with Gasteiger partial charge in [0.1, 0.15) is 5.82 Å². The molecule has 0 spiro atoms. The molecule has 2 rings (SSSR count). The van der Waals surface area contributed by atoms with Gasteiger partial charge in [-0.2, -0.15) is 0 Å². The predicted molar refractivity (Wildman–Crippen MR) is 72.2 cm³/mol. The normalized spacial score (nSPS) is 10.6. The molecule has 0 aliphatic rings. The van der Waals surface area contributed by atoms with E-state index in [0.29, 0.717) is 11.4 Å². The van der Waals surface area contributed by atoms with Gasteiger partial charge in [-0.15, -0.1) is 0 Å².